The first-order valence-corrected chi connectivity index (χ1v) is 7.46. The van der Waals surface area contributed by atoms with Crippen molar-refractivity contribution in [3.63, 3.8) is 0 Å². The number of halogens is 2. The Balaban J connectivity index is 1.95. The van der Waals surface area contributed by atoms with Crippen molar-refractivity contribution in [2.24, 2.45) is 0 Å². The molecule has 0 spiro atoms. The molecular weight excluding hydrogens is 316 g/mol. The van der Waals surface area contributed by atoms with Gasteiger partial charge in [-0.25, -0.2) is 8.78 Å². The number of nitrogens with one attached hydrogen (secondary N) is 1. The van der Waals surface area contributed by atoms with E-state index in [1.54, 1.807) is 38.3 Å². The molecule has 6 heteroatoms. The van der Waals surface area contributed by atoms with E-state index in [0.29, 0.717) is 16.9 Å². The van der Waals surface area contributed by atoms with Crippen LogP contribution in [-0.2, 0) is 11.2 Å². The molecule has 0 saturated heterocycles. The summed E-state index contributed by atoms with van der Waals surface area (Å²) in [4.78, 5) is 12.0. The fourth-order valence-corrected chi connectivity index (χ4v) is 2.31. The summed E-state index contributed by atoms with van der Waals surface area (Å²) < 4.78 is 31.1. The second-order valence-corrected chi connectivity index (χ2v) is 5.50. The smallest absolute Gasteiger partial charge is 0.224 e. The molecule has 0 aromatic heterocycles. The quantitative estimate of drug-likeness (QED) is 0.853. The zero-order valence-electron chi connectivity index (χ0n) is 13.4. The van der Waals surface area contributed by atoms with E-state index in [0.717, 1.165) is 12.1 Å². The van der Waals surface area contributed by atoms with Crippen LogP contribution in [0, 0.1) is 11.6 Å². The van der Waals surface area contributed by atoms with E-state index in [-0.39, 0.29) is 12.3 Å². The third kappa shape index (κ3) is 4.52. The number of hydrogen-bond acceptors (Lipinski definition) is 3. The van der Waals surface area contributed by atoms with Crippen LogP contribution < -0.4 is 10.1 Å². The van der Waals surface area contributed by atoms with Gasteiger partial charge >= 0.3 is 0 Å². The van der Waals surface area contributed by atoms with Crippen molar-refractivity contribution >= 4 is 5.91 Å². The first-order chi connectivity index (χ1) is 11.4. The Kier molecular flexibility index (Phi) is 5.87. The Hall–Kier alpha value is -2.47. The first-order valence-electron chi connectivity index (χ1n) is 7.46. The van der Waals surface area contributed by atoms with E-state index in [1.807, 2.05) is 0 Å². The molecule has 0 aliphatic rings. The molecule has 0 aliphatic heterocycles. The Morgan fingerprint density at radius 1 is 1.17 bits per heavy atom. The van der Waals surface area contributed by atoms with Crippen LogP contribution in [0.5, 0.6) is 5.75 Å². The SMILES string of the molecule is COc1ccc(C(O)C(C)NC(=O)Cc2ccc(F)c(F)c2)cc1. The largest absolute Gasteiger partial charge is 0.497 e. The molecule has 4 nitrogen and oxygen atoms in total. The van der Waals surface area contributed by atoms with Gasteiger partial charge in [0.15, 0.2) is 11.6 Å². The highest BCUT2D eigenvalue weighted by molar-refractivity contribution is 5.78. The molecule has 2 N–H and O–H groups in total. The summed E-state index contributed by atoms with van der Waals surface area (Å²) in [6, 6.07) is 9.62. The molecule has 0 bridgehead atoms. The Bertz CT molecular complexity index is 704. The van der Waals surface area contributed by atoms with Crippen LogP contribution in [0.25, 0.3) is 0 Å². The van der Waals surface area contributed by atoms with Crippen LogP contribution in [0.2, 0.25) is 0 Å². The molecule has 0 fully saturated rings. The fourth-order valence-electron chi connectivity index (χ4n) is 2.31. The van der Waals surface area contributed by atoms with Gasteiger partial charge in [-0.05, 0) is 42.3 Å². The summed E-state index contributed by atoms with van der Waals surface area (Å²) in [5.74, 6) is -1.67. The summed E-state index contributed by atoms with van der Waals surface area (Å²) in [5.41, 5.74) is 0.994. The van der Waals surface area contributed by atoms with Crippen LogP contribution in [0.15, 0.2) is 42.5 Å². The van der Waals surface area contributed by atoms with Gasteiger partial charge in [-0.15, -0.1) is 0 Å². The molecule has 2 aromatic carbocycles. The Morgan fingerprint density at radius 2 is 1.83 bits per heavy atom. The highest BCUT2D eigenvalue weighted by atomic mass is 19.2. The third-order valence-corrected chi connectivity index (χ3v) is 3.67. The molecule has 24 heavy (non-hydrogen) atoms. The van der Waals surface area contributed by atoms with Crippen LogP contribution in [-0.4, -0.2) is 24.2 Å². The number of aliphatic hydroxyl groups excluding tert-OH is 1. The number of methoxy groups -OCH3 is 1. The second kappa shape index (κ2) is 7.88. The summed E-state index contributed by atoms with van der Waals surface area (Å²) in [6.07, 6.45) is -0.999. The van der Waals surface area contributed by atoms with Gasteiger partial charge in [0.05, 0.1) is 25.7 Å². The zero-order chi connectivity index (χ0) is 17.7. The van der Waals surface area contributed by atoms with Crippen LogP contribution in [0.4, 0.5) is 8.78 Å². The van der Waals surface area contributed by atoms with Crippen LogP contribution >= 0.6 is 0 Å². The molecule has 2 atom stereocenters. The van der Waals surface area contributed by atoms with E-state index in [2.05, 4.69) is 5.32 Å². The first kappa shape index (κ1) is 17.9. The number of carbonyl (C=O) groups excluding carboxylic acids is 1. The van der Waals surface area contributed by atoms with E-state index < -0.39 is 23.8 Å². The van der Waals surface area contributed by atoms with Crippen molar-refractivity contribution in [3.05, 3.63) is 65.2 Å². The van der Waals surface area contributed by atoms with Gasteiger partial charge in [0.25, 0.3) is 0 Å². The third-order valence-electron chi connectivity index (χ3n) is 3.67. The lowest BCUT2D eigenvalue weighted by molar-refractivity contribution is -0.121. The van der Waals surface area contributed by atoms with Crippen molar-refractivity contribution in [3.8, 4) is 5.75 Å². The molecule has 0 aliphatic carbocycles. The number of benzene rings is 2. The Morgan fingerprint density at radius 3 is 2.42 bits per heavy atom. The maximum Gasteiger partial charge on any atom is 0.224 e. The van der Waals surface area contributed by atoms with Gasteiger partial charge in [0, 0.05) is 0 Å². The predicted octanol–water partition coefficient (Wildman–Crippen LogP) is 2.75. The number of ether oxygens (including phenoxy) is 1. The van der Waals surface area contributed by atoms with E-state index in [4.69, 9.17) is 4.74 Å². The lowest BCUT2D eigenvalue weighted by atomic mass is 10.0. The van der Waals surface area contributed by atoms with E-state index >= 15 is 0 Å². The summed E-state index contributed by atoms with van der Waals surface area (Å²) in [5, 5.41) is 12.9. The summed E-state index contributed by atoms with van der Waals surface area (Å²) in [7, 11) is 1.55. The number of hydrogen-bond donors (Lipinski definition) is 2. The molecule has 0 saturated carbocycles. The van der Waals surface area contributed by atoms with Gasteiger partial charge in [-0.2, -0.15) is 0 Å². The highest BCUT2D eigenvalue weighted by Gasteiger charge is 2.19. The minimum absolute atomic E-state index is 0.100. The molecule has 2 unspecified atom stereocenters. The van der Waals surface area contributed by atoms with Gasteiger partial charge in [0.1, 0.15) is 5.75 Å². The molecule has 2 rings (SSSR count). The monoisotopic (exact) mass is 335 g/mol. The van der Waals surface area contributed by atoms with Crippen molar-refractivity contribution in [1.29, 1.82) is 0 Å². The van der Waals surface area contributed by atoms with E-state index in [9.17, 15) is 18.7 Å². The summed E-state index contributed by atoms with van der Waals surface area (Å²) in [6.45, 7) is 1.66. The van der Waals surface area contributed by atoms with Gasteiger partial charge in [-0.3, -0.25) is 4.79 Å². The Labute approximate surface area is 139 Å². The van der Waals surface area contributed by atoms with Gasteiger partial charge in [0.2, 0.25) is 5.91 Å². The maximum atomic E-state index is 13.1. The van der Waals surface area contributed by atoms with Crippen molar-refractivity contribution in [2.75, 3.05) is 7.11 Å². The van der Waals surface area contributed by atoms with E-state index in [1.165, 1.54) is 6.07 Å². The highest BCUT2D eigenvalue weighted by Crippen LogP contribution is 2.20. The molecule has 128 valence electrons. The van der Waals surface area contributed by atoms with Crippen LogP contribution in [0.3, 0.4) is 0 Å². The average molecular weight is 335 g/mol. The number of aliphatic hydroxyl groups is 1. The average Bonchev–Trinajstić information content (AvgIpc) is 2.57. The topological polar surface area (TPSA) is 58.6 Å². The normalized spacial score (nSPS) is 13.2. The zero-order valence-corrected chi connectivity index (χ0v) is 13.4. The molecular formula is C18H19F2NO3. The lowest BCUT2D eigenvalue weighted by Gasteiger charge is -2.21. The standard InChI is InChI=1S/C18H19F2NO3/c1-11(18(23)13-4-6-14(24-2)7-5-13)21-17(22)10-12-3-8-15(19)16(20)9-12/h3-9,11,18,23H,10H2,1-2H3,(H,21,22). The van der Waals surface area contributed by atoms with Crippen molar-refractivity contribution < 1.29 is 23.4 Å². The predicted molar refractivity (Wildman–Crippen MR) is 85.6 cm³/mol. The van der Waals surface area contributed by atoms with Gasteiger partial charge in [-0.1, -0.05) is 18.2 Å². The number of amides is 1. The lowest BCUT2D eigenvalue weighted by Crippen LogP contribution is -2.37. The molecule has 2 aromatic rings. The van der Waals surface area contributed by atoms with Crippen molar-refractivity contribution in [2.45, 2.75) is 25.5 Å². The number of carbonyl (C=O) groups is 1. The molecule has 0 heterocycles. The van der Waals surface area contributed by atoms with Gasteiger partial charge < -0.3 is 15.2 Å². The van der Waals surface area contributed by atoms with Crippen LogP contribution in [0.1, 0.15) is 24.2 Å². The fraction of sp³-hybridized carbons (Fsp3) is 0.278. The maximum absolute atomic E-state index is 13.1. The molecule has 0 radical (unpaired) electrons. The second-order valence-electron chi connectivity index (χ2n) is 5.50. The minimum Gasteiger partial charge on any atom is -0.497 e. The minimum atomic E-state index is -0.994. The molecule has 1 amide bonds. The number of rotatable bonds is 6. The summed E-state index contributed by atoms with van der Waals surface area (Å²) >= 11 is 0. The van der Waals surface area contributed by atoms with Crippen molar-refractivity contribution in [1.82, 2.24) is 5.32 Å².